The number of hydrogen-bond acceptors (Lipinski definition) is 7. The largest absolute Gasteiger partial charge is 0.452 e. The molecule has 10 heteroatoms. The van der Waals surface area contributed by atoms with Crippen molar-refractivity contribution in [2.24, 2.45) is 0 Å². The molecule has 0 aliphatic rings. The van der Waals surface area contributed by atoms with Gasteiger partial charge in [0.25, 0.3) is 11.6 Å². The Morgan fingerprint density at radius 1 is 1.42 bits per heavy atom. The zero-order valence-corrected chi connectivity index (χ0v) is 13.4. The zero-order chi connectivity index (χ0) is 17.7. The molecule has 1 N–H and O–H groups in total. The van der Waals surface area contributed by atoms with E-state index in [9.17, 15) is 19.7 Å². The van der Waals surface area contributed by atoms with E-state index in [1.165, 1.54) is 12.1 Å². The Kier molecular flexibility index (Phi) is 5.47. The number of nitro groups is 1. The van der Waals surface area contributed by atoms with Gasteiger partial charge < -0.3 is 10.1 Å². The Morgan fingerprint density at radius 2 is 2.17 bits per heavy atom. The van der Waals surface area contributed by atoms with Crippen molar-refractivity contribution >= 4 is 45.5 Å². The van der Waals surface area contributed by atoms with Gasteiger partial charge in [-0.05, 0) is 23.6 Å². The van der Waals surface area contributed by atoms with Crippen LogP contribution >= 0.6 is 22.9 Å². The van der Waals surface area contributed by atoms with Gasteiger partial charge in [-0.3, -0.25) is 14.9 Å². The third kappa shape index (κ3) is 4.07. The third-order valence-corrected chi connectivity index (χ3v) is 3.81. The topological polar surface area (TPSA) is 122 Å². The number of esters is 1. The maximum atomic E-state index is 11.9. The molecule has 0 saturated carbocycles. The van der Waals surface area contributed by atoms with Crippen molar-refractivity contribution in [2.45, 2.75) is 0 Å². The number of rotatable bonds is 5. The van der Waals surface area contributed by atoms with Crippen LogP contribution in [0.2, 0.25) is 5.02 Å². The molecule has 24 heavy (non-hydrogen) atoms. The molecule has 0 saturated heterocycles. The van der Waals surface area contributed by atoms with Crippen molar-refractivity contribution in [1.82, 2.24) is 0 Å². The Bertz CT molecular complexity index is 858. The second-order valence-corrected chi connectivity index (χ2v) is 5.67. The van der Waals surface area contributed by atoms with Gasteiger partial charge in [-0.15, -0.1) is 11.3 Å². The van der Waals surface area contributed by atoms with E-state index in [1.807, 2.05) is 6.07 Å². The molecule has 0 fully saturated rings. The number of nitrogens with zero attached hydrogens (tertiary/aromatic N) is 2. The van der Waals surface area contributed by atoms with E-state index < -0.39 is 29.1 Å². The van der Waals surface area contributed by atoms with Crippen molar-refractivity contribution < 1.29 is 19.2 Å². The van der Waals surface area contributed by atoms with E-state index in [2.05, 4.69) is 5.32 Å². The lowest BCUT2D eigenvalue weighted by molar-refractivity contribution is -0.385. The molecule has 0 bridgehead atoms. The van der Waals surface area contributed by atoms with E-state index in [4.69, 9.17) is 21.6 Å². The molecule has 0 spiro atoms. The fourth-order valence-electron chi connectivity index (χ4n) is 1.70. The molecule has 1 aromatic heterocycles. The maximum absolute atomic E-state index is 11.9. The van der Waals surface area contributed by atoms with Crippen LogP contribution in [0.5, 0.6) is 0 Å². The summed E-state index contributed by atoms with van der Waals surface area (Å²) < 4.78 is 4.77. The van der Waals surface area contributed by atoms with E-state index >= 15 is 0 Å². The van der Waals surface area contributed by atoms with Crippen LogP contribution in [-0.4, -0.2) is 23.4 Å². The molecule has 2 aromatic rings. The molecule has 0 aliphatic carbocycles. The van der Waals surface area contributed by atoms with Crippen LogP contribution in [0.3, 0.4) is 0 Å². The minimum Gasteiger partial charge on any atom is -0.452 e. The van der Waals surface area contributed by atoms with Crippen LogP contribution in [0.1, 0.15) is 15.9 Å². The monoisotopic (exact) mass is 365 g/mol. The van der Waals surface area contributed by atoms with Crippen LogP contribution in [0.15, 0.2) is 29.6 Å². The fraction of sp³-hybridized carbons (Fsp3) is 0.0714. The predicted octanol–water partition coefficient (Wildman–Crippen LogP) is 2.98. The standard InChI is InChI=1S/C14H8ClN3O5S/c15-9-1-2-11(18(21)22)10(5-9)14(20)23-7-12(19)17-13-8(6-16)3-4-24-13/h1-5H,7H2,(H,17,19). The summed E-state index contributed by atoms with van der Waals surface area (Å²) in [5.41, 5.74) is -0.547. The number of hydrogen-bond donors (Lipinski definition) is 1. The summed E-state index contributed by atoms with van der Waals surface area (Å²) in [6.07, 6.45) is 0. The number of benzene rings is 1. The van der Waals surface area contributed by atoms with Gasteiger partial charge in [-0.2, -0.15) is 5.26 Å². The highest BCUT2D eigenvalue weighted by Gasteiger charge is 2.22. The van der Waals surface area contributed by atoms with Gasteiger partial charge in [-0.25, -0.2) is 4.79 Å². The van der Waals surface area contributed by atoms with Gasteiger partial charge in [0.15, 0.2) is 6.61 Å². The maximum Gasteiger partial charge on any atom is 0.345 e. The highest BCUT2D eigenvalue weighted by molar-refractivity contribution is 7.14. The van der Waals surface area contributed by atoms with Crippen molar-refractivity contribution in [3.05, 3.63) is 55.9 Å². The Morgan fingerprint density at radius 3 is 2.83 bits per heavy atom. The van der Waals surface area contributed by atoms with Gasteiger partial charge in [0, 0.05) is 11.1 Å². The molecular weight excluding hydrogens is 358 g/mol. The minimum atomic E-state index is -1.05. The Balaban J connectivity index is 2.03. The average Bonchev–Trinajstić information content (AvgIpc) is 2.99. The van der Waals surface area contributed by atoms with Crippen LogP contribution in [0.4, 0.5) is 10.7 Å². The fourth-order valence-corrected chi connectivity index (χ4v) is 2.62. The Labute approximate surface area is 144 Å². The van der Waals surface area contributed by atoms with Crippen molar-refractivity contribution in [1.29, 1.82) is 5.26 Å². The number of carbonyl (C=O) groups excluding carboxylic acids is 2. The first kappa shape index (κ1) is 17.4. The van der Waals surface area contributed by atoms with Crippen molar-refractivity contribution in [2.75, 3.05) is 11.9 Å². The molecule has 0 unspecified atom stereocenters. The first-order valence-electron chi connectivity index (χ1n) is 6.31. The summed E-state index contributed by atoms with van der Waals surface area (Å²) in [5, 5.41) is 24.2. The molecule has 0 aliphatic heterocycles. The first-order chi connectivity index (χ1) is 11.4. The lowest BCUT2D eigenvalue weighted by Crippen LogP contribution is -2.21. The molecule has 1 heterocycles. The summed E-state index contributed by atoms with van der Waals surface area (Å²) in [7, 11) is 0. The summed E-state index contributed by atoms with van der Waals surface area (Å²) in [6, 6.07) is 6.86. The minimum absolute atomic E-state index is 0.120. The van der Waals surface area contributed by atoms with Gasteiger partial charge in [0.05, 0.1) is 10.5 Å². The number of thiophene rings is 1. The normalized spacial score (nSPS) is 9.83. The number of ether oxygens (including phenoxy) is 1. The van der Waals surface area contributed by atoms with Crippen LogP contribution in [0.25, 0.3) is 0 Å². The van der Waals surface area contributed by atoms with E-state index in [1.54, 1.807) is 5.38 Å². The summed E-state index contributed by atoms with van der Waals surface area (Å²) in [4.78, 5) is 33.8. The molecule has 0 radical (unpaired) electrons. The molecule has 1 amide bonds. The summed E-state index contributed by atoms with van der Waals surface area (Å²) in [5.74, 6) is -1.72. The molecule has 122 valence electrons. The number of amides is 1. The number of carbonyl (C=O) groups is 2. The van der Waals surface area contributed by atoms with Crippen molar-refractivity contribution in [3.8, 4) is 6.07 Å². The predicted molar refractivity (Wildman–Crippen MR) is 86.1 cm³/mol. The lowest BCUT2D eigenvalue weighted by atomic mass is 10.2. The van der Waals surface area contributed by atoms with Gasteiger partial charge in [-0.1, -0.05) is 11.6 Å². The third-order valence-electron chi connectivity index (χ3n) is 2.75. The number of halogens is 1. The molecular formula is C14H8ClN3O5S. The number of nitrogens with one attached hydrogen (secondary N) is 1. The van der Waals surface area contributed by atoms with E-state index in [0.717, 1.165) is 23.5 Å². The number of nitriles is 1. The van der Waals surface area contributed by atoms with Crippen LogP contribution in [-0.2, 0) is 9.53 Å². The highest BCUT2D eigenvalue weighted by Crippen LogP contribution is 2.24. The second kappa shape index (κ2) is 7.54. The van der Waals surface area contributed by atoms with Gasteiger partial charge in [0.2, 0.25) is 0 Å². The van der Waals surface area contributed by atoms with Gasteiger partial charge >= 0.3 is 5.97 Å². The smallest absolute Gasteiger partial charge is 0.345 e. The van der Waals surface area contributed by atoms with E-state index in [0.29, 0.717) is 5.00 Å². The quantitative estimate of drug-likeness (QED) is 0.493. The SMILES string of the molecule is N#Cc1ccsc1NC(=O)COC(=O)c1cc(Cl)ccc1[N+](=O)[O-]. The summed E-state index contributed by atoms with van der Waals surface area (Å²) >= 11 is 6.86. The average molecular weight is 366 g/mol. The molecule has 2 rings (SSSR count). The zero-order valence-electron chi connectivity index (χ0n) is 11.8. The lowest BCUT2D eigenvalue weighted by Gasteiger charge is -2.06. The highest BCUT2D eigenvalue weighted by atomic mass is 35.5. The summed E-state index contributed by atoms with van der Waals surface area (Å²) in [6.45, 7) is -0.661. The molecule has 1 aromatic carbocycles. The first-order valence-corrected chi connectivity index (χ1v) is 7.56. The van der Waals surface area contributed by atoms with Gasteiger partial charge in [0.1, 0.15) is 16.6 Å². The molecule has 0 atom stereocenters. The van der Waals surface area contributed by atoms with Crippen LogP contribution < -0.4 is 5.32 Å². The number of anilines is 1. The number of nitro benzene ring substituents is 1. The van der Waals surface area contributed by atoms with E-state index in [-0.39, 0.29) is 16.1 Å². The van der Waals surface area contributed by atoms with Crippen LogP contribution in [0, 0.1) is 21.4 Å². The Hall–Kier alpha value is -2.96. The van der Waals surface area contributed by atoms with Crippen molar-refractivity contribution in [3.63, 3.8) is 0 Å². The molecule has 8 nitrogen and oxygen atoms in total. The second-order valence-electron chi connectivity index (χ2n) is 4.32.